The Labute approximate surface area is 175 Å². The molecule has 0 spiro atoms. The first kappa shape index (κ1) is 20.6. The summed E-state index contributed by atoms with van der Waals surface area (Å²) in [6.07, 6.45) is 0.494. The molecule has 3 aromatic rings. The predicted molar refractivity (Wildman–Crippen MR) is 113 cm³/mol. The van der Waals surface area contributed by atoms with E-state index in [1.165, 1.54) is 0 Å². The van der Waals surface area contributed by atoms with E-state index in [1.807, 2.05) is 66.7 Å². The molecule has 0 saturated heterocycles. The van der Waals surface area contributed by atoms with Crippen LogP contribution >= 0.6 is 11.6 Å². The maximum absolute atomic E-state index is 12.7. The van der Waals surface area contributed by atoms with Gasteiger partial charge in [0.1, 0.15) is 12.6 Å². The number of halogens is 1. The molecule has 0 heterocycles. The standard InChI is InChI=1S/C24H22ClNO3/c25-21-13-7-12-20(14-21)16-23(27)26-22(15-18-8-3-1-4-9-18)24(28)29-17-19-10-5-2-6-11-19/h1-14,22H,15-17H2,(H,26,27)/t22-/m0/s1. The normalized spacial score (nSPS) is 11.5. The minimum absolute atomic E-state index is 0.137. The number of rotatable bonds is 8. The van der Waals surface area contributed by atoms with Gasteiger partial charge in [0.2, 0.25) is 5.91 Å². The summed E-state index contributed by atoms with van der Waals surface area (Å²) >= 11 is 5.99. The molecule has 0 unspecified atom stereocenters. The topological polar surface area (TPSA) is 55.4 Å². The Bertz CT molecular complexity index is 945. The number of benzene rings is 3. The molecule has 1 atom stereocenters. The molecule has 0 saturated carbocycles. The van der Waals surface area contributed by atoms with Crippen molar-refractivity contribution in [1.29, 1.82) is 0 Å². The zero-order chi connectivity index (χ0) is 20.5. The van der Waals surface area contributed by atoms with E-state index < -0.39 is 12.0 Å². The fourth-order valence-corrected chi connectivity index (χ4v) is 3.16. The van der Waals surface area contributed by atoms with Crippen molar-refractivity contribution in [2.45, 2.75) is 25.5 Å². The first-order chi connectivity index (χ1) is 14.1. The molecule has 4 nitrogen and oxygen atoms in total. The molecule has 3 aromatic carbocycles. The second-order valence-corrected chi connectivity index (χ2v) is 7.15. The number of amides is 1. The second-order valence-electron chi connectivity index (χ2n) is 6.71. The van der Waals surface area contributed by atoms with E-state index in [1.54, 1.807) is 18.2 Å². The van der Waals surface area contributed by atoms with Gasteiger partial charge in [0.05, 0.1) is 6.42 Å². The Hall–Kier alpha value is -3.11. The molecule has 3 rings (SSSR count). The lowest BCUT2D eigenvalue weighted by atomic mass is 10.1. The third kappa shape index (κ3) is 6.77. The van der Waals surface area contributed by atoms with Crippen LogP contribution < -0.4 is 5.32 Å². The highest BCUT2D eigenvalue weighted by Crippen LogP contribution is 2.12. The highest BCUT2D eigenvalue weighted by molar-refractivity contribution is 6.30. The maximum atomic E-state index is 12.7. The average molecular weight is 408 g/mol. The summed E-state index contributed by atoms with van der Waals surface area (Å²) in [6.45, 7) is 0.162. The highest BCUT2D eigenvalue weighted by atomic mass is 35.5. The van der Waals surface area contributed by atoms with Crippen LogP contribution in [0, 0.1) is 0 Å². The van der Waals surface area contributed by atoms with Crippen molar-refractivity contribution in [2.24, 2.45) is 0 Å². The first-order valence-electron chi connectivity index (χ1n) is 9.38. The van der Waals surface area contributed by atoms with Crippen molar-refractivity contribution in [3.8, 4) is 0 Å². The van der Waals surface area contributed by atoms with Crippen LogP contribution in [0.3, 0.4) is 0 Å². The summed E-state index contributed by atoms with van der Waals surface area (Å²) in [4.78, 5) is 25.2. The van der Waals surface area contributed by atoms with Crippen LogP contribution in [-0.2, 0) is 33.8 Å². The van der Waals surface area contributed by atoms with Crippen molar-refractivity contribution in [3.63, 3.8) is 0 Å². The zero-order valence-electron chi connectivity index (χ0n) is 15.9. The van der Waals surface area contributed by atoms with Crippen LogP contribution in [0.5, 0.6) is 0 Å². The Kier molecular flexibility index (Phi) is 7.42. The van der Waals surface area contributed by atoms with Gasteiger partial charge in [-0.2, -0.15) is 0 Å². The summed E-state index contributed by atoms with van der Waals surface area (Å²) < 4.78 is 5.46. The van der Waals surface area contributed by atoms with Crippen LogP contribution in [-0.4, -0.2) is 17.9 Å². The second kappa shape index (κ2) is 10.4. The molecule has 148 valence electrons. The zero-order valence-corrected chi connectivity index (χ0v) is 16.6. The SMILES string of the molecule is O=C(Cc1cccc(Cl)c1)N[C@@H](Cc1ccccc1)C(=O)OCc1ccccc1. The number of hydrogen-bond donors (Lipinski definition) is 1. The van der Waals surface area contributed by atoms with Gasteiger partial charge in [-0.25, -0.2) is 4.79 Å². The Morgan fingerprint density at radius 2 is 1.45 bits per heavy atom. The molecule has 0 radical (unpaired) electrons. The summed E-state index contributed by atoms with van der Waals surface area (Å²) in [5, 5.41) is 3.38. The van der Waals surface area contributed by atoms with Crippen LogP contribution in [0.4, 0.5) is 0 Å². The lowest BCUT2D eigenvalue weighted by molar-refractivity contribution is -0.149. The van der Waals surface area contributed by atoms with Gasteiger partial charge < -0.3 is 10.1 Å². The number of carbonyl (C=O) groups is 2. The summed E-state index contributed by atoms with van der Waals surface area (Å²) in [5.41, 5.74) is 2.62. The number of hydrogen-bond acceptors (Lipinski definition) is 3. The van der Waals surface area contributed by atoms with Gasteiger partial charge in [0.15, 0.2) is 0 Å². The number of carbonyl (C=O) groups excluding carboxylic acids is 2. The van der Waals surface area contributed by atoms with Crippen molar-refractivity contribution < 1.29 is 14.3 Å². The number of nitrogens with one attached hydrogen (secondary N) is 1. The van der Waals surface area contributed by atoms with Gasteiger partial charge in [-0.15, -0.1) is 0 Å². The predicted octanol–water partition coefficient (Wildman–Crippen LogP) is 4.35. The number of esters is 1. The molecule has 0 bridgehead atoms. The lowest BCUT2D eigenvalue weighted by Crippen LogP contribution is -2.44. The molecule has 0 aliphatic carbocycles. The Morgan fingerprint density at radius 1 is 0.828 bits per heavy atom. The lowest BCUT2D eigenvalue weighted by Gasteiger charge is -2.18. The fraction of sp³-hybridized carbons (Fsp3) is 0.167. The Morgan fingerprint density at radius 3 is 2.10 bits per heavy atom. The largest absolute Gasteiger partial charge is 0.459 e. The van der Waals surface area contributed by atoms with Crippen LogP contribution in [0.2, 0.25) is 5.02 Å². The van der Waals surface area contributed by atoms with E-state index in [4.69, 9.17) is 16.3 Å². The molecule has 5 heteroatoms. The van der Waals surface area contributed by atoms with E-state index in [-0.39, 0.29) is 18.9 Å². The fourth-order valence-electron chi connectivity index (χ4n) is 2.95. The molecule has 29 heavy (non-hydrogen) atoms. The summed E-state index contributed by atoms with van der Waals surface area (Å²) in [7, 11) is 0. The van der Waals surface area contributed by atoms with Gasteiger partial charge in [0, 0.05) is 11.4 Å². The molecular weight excluding hydrogens is 386 g/mol. The third-order valence-electron chi connectivity index (χ3n) is 4.38. The van der Waals surface area contributed by atoms with Gasteiger partial charge in [-0.05, 0) is 28.8 Å². The van der Waals surface area contributed by atoms with E-state index in [0.717, 1.165) is 16.7 Å². The van der Waals surface area contributed by atoms with E-state index >= 15 is 0 Å². The van der Waals surface area contributed by atoms with Gasteiger partial charge in [0.25, 0.3) is 0 Å². The number of ether oxygens (including phenoxy) is 1. The third-order valence-corrected chi connectivity index (χ3v) is 4.62. The smallest absolute Gasteiger partial charge is 0.329 e. The van der Waals surface area contributed by atoms with Crippen molar-refractivity contribution >= 4 is 23.5 Å². The Balaban J connectivity index is 1.66. The van der Waals surface area contributed by atoms with Crippen LogP contribution in [0.1, 0.15) is 16.7 Å². The molecule has 1 amide bonds. The maximum Gasteiger partial charge on any atom is 0.329 e. The highest BCUT2D eigenvalue weighted by Gasteiger charge is 2.23. The minimum Gasteiger partial charge on any atom is -0.459 e. The average Bonchev–Trinajstić information content (AvgIpc) is 2.73. The molecule has 0 aromatic heterocycles. The first-order valence-corrected chi connectivity index (χ1v) is 9.76. The monoisotopic (exact) mass is 407 g/mol. The van der Waals surface area contributed by atoms with Gasteiger partial charge in [-0.3, -0.25) is 4.79 Å². The van der Waals surface area contributed by atoms with Crippen molar-refractivity contribution in [1.82, 2.24) is 5.32 Å². The van der Waals surface area contributed by atoms with Gasteiger partial charge >= 0.3 is 5.97 Å². The van der Waals surface area contributed by atoms with E-state index in [0.29, 0.717) is 11.4 Å². The molecule has 0 aliphatic heterocycles. The molecular formula is C24H22ClNO3. The molecule has 0 aliphatic rings. The van der Waals surface area contributed by atoms with E-state index in [9.17, 15) is 9.59 Å². The van der Waals surface area contributed by atoms with Crippen LogP contribution in [0.15, 0.2) is 84.9 Å². The molecule has 1 N–H and O–H groups in total. The quantitative estimate of drug-likeness (QED) is 0.565. The summed E-state index contributed by atoms with van der Waals surface area (Å²) in [5.74, 6) is -0.720. The summed E-state index contributed by atoms with van der Waals surface area (Å²) in [6, 6.07) is 25.3. The van der Waals surface area contributed by atoms with E-state index in [2.05, 4.69) is 5.32 Å². The van der Waals surface area contributed by atoms with Crippen LogP contribution in [0.25, 0.3) is 0 Å². The van der Waals surface area contributed by atoms with Gasteiger partial charge in [-0.1, -0.05) is 84.4 Å². The molecule has 0 fully saturated rings. The van der Waals surface area contributed by atoms with Crippen molar-refractivity contribution in [3.05, 3.63) is 107 Å². The minimum atomic E-state index is -0.771. The van der Waals surface area contributed by atoms with Crippen molar-refractivity contribution in [2.75, 3.05) is 0 Å².